The lowest BCUT2D eigenvalue weighted by atomic mass is 9.78. The van der Waals surface area contributed by atoms with Gasteiger partial charge in [-0.05, 0) is 24.8 Å². The molecule has 0 spiro atoms. The summed E-state index contributed by atoms with van der Waals surface area (Å²) < 4.78 is 5.01. The average molecular weight is 416 g/mol. The maximum Gasteiger partial charge on any atom is 0.341 e. The number of ether oxygens (including phenoxy) is 1. The van der Waals surface area contributed by atoms with E-state index in [1.54, 1.807) is 0 Å². The molecule has 0 radical (unpaired) electrons. The summed E-state index contributed by atoms with van der Waals surface area (Å²) in [6.45, 7) is 1.99. The zero-order valence-corrected chi connectivity index (χ0v) is 17.4. The van der Waals surface area contributed by atoms with Crippen molar-refractivity contribution in [1.29, 1.82) is 0 Å². The van der Waals surface area contributed by atoms with Crippen LogP contribution in [0.1, 0.15) is 47.8 Å². The average Bonchev–Trinajstić information content (AvgIpc) is 3.11. The Morgan fingerprint density at radius 3 is 2.38 bits per heavy atom. The van der Waals surface area contributed by atoms with E-state index in [4.69, 9.17) is 4.74 Å². The molecule has 2 N–H and O–H groups in total. The summed E-state index contributed by atoms with van der Waals surface area (Å²) in [6.07, 6.45) is 3.36. The van der Waals surface area contributed by atoms with Gasteiger partial charge in [0.1, 0.15) is 10.6 Å². The first-order chi connectivity index (χ1) is 14.0. The van der Waals surface area contributed by atoms with Crippen LogP contribution in [0, 0.1) is 11.8 Å². The number of amides is 1. The summed E-state index contributed by atoms with van der Waals surface area (Å²) in [5.74, 6) is -3.09. The predicted molar refractivity (Wildman–Crippen MR) is 112 cm³/mol. The Hall–Kier alpha value is -2.67. The van der Waals surface area contributed by atoms with Gasteiger partial charge in [0.15, 0.2) is 0 Å². The van der Waals surface area contributed by atoms with Crippen LogP contribution in [-0.2, 0) is 20.7 Å². The Morgan fingerprint density at radius 2 is 1.79 bits per heavy atom. The number of rotatable bonds is 6. The third-order valence-electron chi connectivity index (χ3n) is 5.41. The smallest absolute Gasteiger partial charge is 0.341 e. The second kappa shape index (κ2) is 9.22. The van der Waals surface area contributed by atoms with Crippen molar-refractivity contribution in [2.45, 2.75) is 39.0 Å². The lowest BCUT2D eigenvalue weighted by molar-refractivity contribution is -0.147. The number of anilines is 1. The molecule has 0 unspecified atom stereocenters. The lowest BCUT2D eigenvalue weighted by Gasteiger charge is -2.27. The van der Waals surface area contributed by atoms with Crippen LogP contribution in [0.3, 0.4) is 0 Å². The van der Waals surface area contributed by atoms with E-state index in [0.717, 1.165) is 28.8 Å². The van der Waals surface area contributed by atoms with E-state index in [9.17, 15) is 19.5 Å². The van der Waals surface area contributed by atoms with Crippen LogP contribution in [0.15, 0.2) is 30.3 Å². The summed E-state index contributed by atoms with van der Waals surface area (Å²) in [4.78, 5) is 38.1. The molecular weight excluding hydrogens is 390 g/mol. The first-order valence-electron chi connectivity index (χ1n) is 9.81. The number of carboxylic acid groups (broad SMARTS) is 1. The Morgan fingerprint density at radius 1 is 1.14 bits per heavy atom. The van der Waals surface area contributed by atoms with Gasteiger partial charge in [-0.3, -0.25) is 9.59 Å². The van der Waals surface area contributed by atoms with Crippen molar-refractivity contribution < 1.29 is 24.2 Å². The van der Waals surface area contributed by atoms with Crippen molar-refractivity contribution >= 4 is 34.2 Å². The molecule has 1 aliphatic carbocycles. The molecule has 1 fully saturated rings. The molecular formula is C22H25NO5S. The van der Waals surface area contributed by atoms with E-state index < -0.39 is 23.8 Å². The maximum atomic E-state index is 13.0. The number of carbonyl (C=O) groups excluding carboxylic acids is 2. The van der Waals surface area contributed by atoms with E-state index in [1.807, 2.05) is 37.3 Å². The molecule has 6 nitrogen and oxygen atoms in total. The lowest BCUT2D eigenvalue weighted by Crippen LogP contribution is -2.36. The van der Waals surface area contributed by atoms with E-state index >= 15 is 0 Å². The third-order valence-corrected chi connectivity index (χ3v) is 6.66. The van der Waals surface area contributed by atoms with E-state index in [0.29, 0.717) is 29.8 Å². The number of carboxylic acids is 1. The number of hydrogen-bond acceptors (Lipinski definition) is 5. The molecule has 29 heavy (non-hydrogen) atoms. The van der Waals surface area contributed by atoms with Crippen molar-refractivity contribution in [3.8, 4) is 11.1 Å². The zero-order chi connectivity index (χ0) is 21.0. The zero-order valence-electron chi connectivity index (χ0n) is 16.6. The summed E-state index contributed by atoms with van der Waals surface area (Å²) >= 11 is 1.35. The molecule has 2 atom stereocenters. The molecule has 1 saturated carbocycles. The first kappa shape index (κ1) is 21.0. The molecule has 1 heterocycles. The number of nitrogens with one attached hydrogen (secondary N) is 1. The number of methoxy groups -OCH3 is 1. The van der Waals surface area contributed by atoms with Gasteiger partial charge in [-0.1, -0.05) is 50.1 Å². The van der Waals surface area contributed by atoms with Crippen molar-refractivity contribution in [3.63, 3.8) is 0 Å². The van der Waals surface area contributed by atoms with Gasteiger partial charge in [-0.25, -0.2) is 4.79 Å². The van der Waals surface area contributed by atoms with Gasteiger partial charge in [-0.2, -0.15) is 0 Å². The highest BCUT2D eigenvalue weighted by Gasteiger charge is 2.37. The fourth-order valence-electron chi connectivity index (χ4n) is 3.97. The quantitative estimate of drug-likeness (QED) is 0.673. The largest absolute Gasteiger partial charge is 0.481 e. The Kier molecular flexibility index (Phi) is 6.69. The highest BCUT2D eigenvalue weighted by molar-refractivity contribution is 7.17. The number of thiophene rings is 1. The number of hydrogen-bond donors (Lipinski definition) is 2. The monoisotopic (exact) mass is 415 g/mol. The minimum atomic E-state index is -0.941. The number of aryl methyl sites for hydroxylation is 1. The topological polar surface area (TPSA) is 92.7 Å². The van der Waals surface area contributed by atoms with Crippen molar-refractivity contribution in [2.75, 3.05) is 12.4 Å². The van der Waals surface area contributed by atoms with Gasteiger partial charge in [0.25, 0.3) is 0 Å². The Bertz CT molecular complexity index is 905. The van der Waals surface area contributed by atoms with Crippen LogP contribution in [0.25, 0.3) is 11.1 Å². The van der Waals surface area contributed by atoms with Crippen molar-refractivity contribution in [3.05, 3.63) is 40.8 Å². The normalized spacial score (nSPS) is 18.8. The molecule has 0 aliphatic heterocycles. The van der Waals surface area contributed by atoms with Crippen LogP contribution in [0.5, 0.6) is 0 Å². The highest BCUT2D eigenvalue weighted by atomic mass is 32.1. The van der Waals surface area contributed by atoms with Crippen LogP contribution in [-0.4, -0.2) is 30.1 Å². The second-order valence-corrected chi connectivity index (χ2v) is 8.25. The minimum absolute atomic E-state index is 0.330. The molecule has 1 aromatic heterocycles. The van der Waals surface area contributed by atoms with Crippen LogP contribution >= 0.6 is 11.3 Å². The molecule has 7 heteroatoms. The first-order valence-corrected chi connectivity index (χ1v) is 10.6. The molecule has 154 valence electrons. The standard InChI is InChI=1S/C22H25NO5S/c1-3-16-17(13-9-5-4-6-10-13)18(22(27)28-2)20(29-16)23-19(24)14-11-7-8-12-15(14)21(25)26/h4-6,9-10,14-15H,3,7-8,11-12H2,1-2H3,(H,23,24)(H,25,26)/t14-,15-/m1/s1. The minimum Gasteiger partial charge on any atom is -0.481 e. The molecule has 2 aromatic rings. The molecule has 0 saturated heterocycles. The van der Waals surface area contributed by atoms with Crippen LogP contribution in [0.4, 0.5) is 5.00 Å². The Balaban J connectivity index is 2.01. The van der Waals surface area contributed by atoms with E-state index in [-0.39, 0.29) is 5.91 Å². The van der Waals surface area contributed by atoms with Gasteiger partial charge >= 0.3 is 11.9 Å². The number of esters is 1. The second-order valence-electron chi connectivity index (χ2n) is 7.14. The van der Waals surface area contributed by atoms with Crippen LogP contribution < -0.4 is 5.32 Å². The fourth-order valence-corrected chi connectivity index (χ4v) is 5.12. The summed E-state index contributed by atoms with van der Waals surface area (Å²) in [7, 11) is 1.31. The van der Waals surface area contributed by atoms with Crippen molar-refractivity contribution in [1.82, 2.24) is 0 Å². The molecule has 1 amide bonds. The molecule has 1 aliphatic rings. The Labute approximate surface area is 173 Å². The number of benzene rings is 1. The summed E-state index contributed by atoms with van der Waals surface area (Å²) in [6, 6.07) is 9.52. The molecule has 0 bridgehead atoms. The van der Waals surface area contributed by atoms with E-state index in [1.165, 1.54) is 18.4 Å². The van der Waals surface area contributed by atoms with E-state index in [2.05, 4.69) is 5.32 Å². The van der Waals surface area contributed by atoms with Gasteiger partial charge in [0.05, 0.1) is 18.9 Å². The SMILES string of the molecule is CCc1sc(NC(=O)[C@@H]2CCCC[C@H]2C(=O)O)c(C(=O)OC)c1-c1ccccc1. The van der Waals surface area contributed by atoms with Gasteiger partial charge in [0, 0.05) is 10.4 Å². The molecule has 1 aromatic carbocycles. The summed E-state index contributed by atoms with van der Waals surface area (Å²) in [5.41, 5.74) is 1.97. The maximum absolute atomic E-state index is 13.0. The van der Waals surface area contributed by atoms with Gasteiger partial charge in [0.2, 0.25) is 5.91 Å². The van der Waals surface area contributed by atoms with Gasteiger partial charge < -0.3 is 15.2 Å². The van der Waals surface area contributed by atoms with Crippen LogP contribution in [0.2, 0.25) is 0 Å². The van der Waals surface area contributed by atoms with Crippen molar-refractivity contribution in [2.24, 2.45) is 11.8 Å². The molecule has 3 rings (SSSR count). The van der Waals surface area contributed by atoms with Gasteiger partial charge in [-0.15, -0.1) is 11.3 Å². The highest BCUT2D eigenvalue weighted by Crippen LogP contribution is 2.42. The third kappa shape index (κ3) is 4.34. The summed E-state index contributed by atoms with van der Waals surface area (Å²) in [5, 5.41) is 12.8. The fraction of sp³-hybridized carbons (Fsp3) is 0.409. The number of carbonyl (C=O) groups is 3. The predicted octanol–water partition coefficient (Wildman–Crippen LogP) is 4.59. The number of aliphatic carboxylic acids is 1.